The average Bonchev–Trinajstić information content (AvgIpc) is 3.30. The van der Waals surface area contributed by atoms with Crippen LogP contribution in [0, 0.1) is 11.8 Å². The van der Waals surface area contributed by atoms with Crippen LogP contribution in [0.3, 0.4) is 0 Å². The Hall–Kier alpha value is -2.66. The van der Waals surface area contributed by atoms with E-state index in [-0.39, 0.29) is 11.7 Å². The molecule has 4 heterocycles. The summed E-state index contributed by atoms with van der Waals surface area (Å²) < 4.78 is 13.8. The molecule has 0 amide bonds. The lowest BCUT2D eigenvalue weighted by molar-refractivity contribution is 0.0661. The fraction of sp³-hybridized carbons (Fsp3) is 0.462. The summed E-state index contributed by atoms with van der Waals surface area (Å²) in [5.41, 5.74) is 0.801. The van der Waals surface area contributed by atoms with E-state index in [0.29, 0.717) is 22.3 Å². The van der Waals surface area contributed by atoms with Crippen molar-refractivity contribution in [2.45, 2.75) is 63.3 Å². The van der Waals surface area contributed by atoms with Gasteiger partial charge in [0.25, 0.3) is 5.56 Å². The zero-order valence-electron chi connectivity index (χ0n) is 19.5. The predicted octanol–water partition coefficient (Wildman–Crippen LogP) is 4.23. The number of hydrogen-bond acceptors (Lipinski definition) is 6. The molecule has 2 aromatic heterocycles. The lowest BCUT2D eigenvalue weighted by Gasteiger charge is -2.36. The molecule has 2 saturated heterocycles. The van der Waals surface area contributed by atoms with Crippen molar-refractivity contribution < 1.29 is 9.47 Å². The van der Waals surface area contributed by atoms with Crippen LogP contribution in [0.4, 0.5) is 0 Å². The highest BCUT2D eigenvalue weighted by molar-refractivity contribution is 7.19. The number of nitrogens with zero attached hydrogens (tertiary/aromatic N) is 3. The van der Waals surface area contributed by atoms with Crippen LogP contribution in [0.5, 0.6) is 5.75 Å². The van der Waals surface area contributed by atoms with Gasteiger partial charge in [0.1, 0.15) is 28.5 Å². The summed E-state index contributed by atoms with van der Waals surface area (Å²) in [6.07, 6.45) is 6.56. The van der Waals surface area contributed by atoms with E-state index in [1.165, 1.54) is 24.2 Å². The van der Waals surface area contributed by atoms with Crippen molar-refractivity contribution in [3.8, 4) is 23.3 Å². The fourth-order valence-electron chi connectivity index (χ4n) is 4.76. The molecule has 0 saturated carbocycles. The molecule has 6 nitrogen and oxygen atoms in total. The van der Waals surface area contributed by atoms with Gasteiger partial charge in [-0.3, -0.25) is 9.36 Å². The van der Waals surface area contributed by atoms with Crippen molar-refractivity contribution in [3.63, 3.8) is 0 Å². The summed E-state index contributed by atoms with van der Waals surface area (Å²) in [6, 6.07) is 10.9. The molecule has 33 heavy (non-hydrogen) atoms. The molecule has 0 radical (unpaired) electrons. The number of hydrogen-bond donors (Lipinski definition) is 0. The number of ether oxygens (including phenoxy) is 2. The third kappa shape index (κ3) is 4.43. The first-order valence-electron chi connectivity index (χ1n) is 11.4. The Morgan fingerprint density at radius 1 is 1.15 bits per heavy atom. The van der Waals surface area contributed by atoms with Gasteiger partial charge in [0.15, 0.2) is 0 Å². The van der Waals surface area contributed by atoms with Gasteiger partial charge in [0.2, 0.25) is 0 Å². The van der Waals surface area contributed by atoms with Crippen molar-refractivity contribution in [1.82, 2.24) is 14.5 Å². The maximum Gasteiger partial charge on any atom is 0.275 e. The molecule has 3 aromatic rings. The first-order valence-corrected chi connectivity index (χ1v) is 12.2. The van der Waals surface area contributed by atoms with Gasteiger partial charge < -0.3 is 14.4 Å². The predicted molar refractivity (Wildman–Crippen MR) is 131 cm³/mol. The van der Waals surface area contributed by atoms with Crippen LogP contribution in [-0.2, 0) is 4.74 Å². The van der Waals surface area contributed by atoms with E-state index in [9.17, 15) is 4.79 Å². The summed E-state index contributed by atoms with van der Waals surface area (Å²) in [4.78, 5) is 20.9. The number of piperidine rings is 1. The topological polar surface area (TPSA) is 56.6 Å². The van der Waals surface area contributed by atoms with Gasteiger partial charge >= 0.3 is 0 Å². The highest BCUT2D eigenvalue weighted by atomic mass is 32.1. The van der Waals surface area contributed by atoms with Crippen LogP contribution in [-0.4, -0.2) is 52.4 Å². The number of aromatic nitrogens is 2. The fourth-order valence-corrected chi connectivity index (χ4v) is 5.65. The normalized spacial score (nSPS) is 22.8. The van der Waals surface area contributed by atoms with E-state index in [2.05, 4.69) is 28.8 Å². The van der Waals surface area contributed by atoms with Crippen LogP contribution in [0.2, 0.25) is 0 Å². The summed E-state index contributed by atoms with van der Waals surface area (Å²) in [5.74, 6) is 7.05. The van der Waals surface area contributed by atoms with Gasteiger partial charge in [-0.25, -0.2) is 4.98 Å². The van der Waals surface area contributed by atoms with Crippen LogP contribution in [0.15, 0.2) is 41.5 Å². The first-order chi connectivity index (χ1) is 15.8. The Bertz CT molecular complexity index is 1270. The minimum absolute atomic E-state index is 0.0930. The highest BCUT2D eigenvalue weighted by Crippen LogP contribution is 2.36. The average molecular weight is 464 g/mol. The molecule has 2 fully saturated rings. The Morgan fingerprint density at radius 3 is 2.52 bits per heavy atom. The van der Waals surface area contributed by atoms with E-state index in [1.807, 2.05) is 44.2 Å². The zero-order valence-corrected chi connectivity index (χ0v) is 20.3. The highest BCUT2D eigenvalue weighted by Gasteiger charge is 2.39. The monoisotopic (exact) mass is 463 g/mol. The van der Waals surface area contributed by atoms with E-state index in [1.54, 1.807) is 18.0 Å². The number of thiophene rings is 1. The van der Waals surface area contributed by atoms with Gasteiger partial charge in [-0.15, -0.1) is 11.3 Å². The Labute approximate surface area is 198 Å². The Balaban J connectivity index is 1.35. The molecule has 0 spiro atoms. The lowest BCUT2D eigenvalue weighted by Crippen LogP contribution is -2.43. The summed E-state index contributed by atoms with van der Waals surface area (Å²) in [7, 11) is 3.87. The minimum atomic E-state index is -0.541. The van der Waals surface area contributed by atoms with Crippen molar-refractivity contribution >= 4 is 21.6 Å². The summed E-state index contributed by atoms with van der Waals surface area (Å²) in [6.45, 7) is 3.81. The van der Waals surface area contributed by atoms with Crippen molar-refractivity contribution in [2.75, 3.05) is 14.2 Å². The van der Waals surface area contributed by atoms with Crippen LogP contribution in [0.25, 0.3) is 15.9 Å². The Kier molecular flexibility index (Phi) is 5.77. The Morgan fingerprint density at radius 2 is 1.85 bits per heavy atom. The molecule has 0 unspecified atom stereocenters. The maximum absolute atomic E-state index is 13.1. The minimum Gasteiger partial charge on any atom is -0.490 e. The molecular formula is C26H29N3O3S. The quantitative estimate of drug-likeness (QED) is 0.542. The third-order valence-electron chi connectivity index (χ3n) is 6.91. The molecule has 2 bridgehead atoms. The van der Waals surface area contributed by atoms with Crippen LogP contribution >= 0.6 is 11.3 Å². The molecule has 3 atom stereocenters. The van der Waals surface area contributed by atoms with Crippen LogP contribution < -0.4 is 10.3 Å². The number of benzene rings is 1. The summed E-state index contributed by atoms with van der Waals surface area (Å²) in [5, 5.41) is 0. The largest absolute Gasteiger partial charge is 0.490 e. The lowest BCUT2D eigenvalue weighted by atomic mass is 10.0. The van der Waals surface area contributed by atoms with Gasteiger partial charge in [0.05, 0.1) is 16.1 Å². The summed E-state index contributed by atoms with van der Waals surface area (Å²) >= 11 is 1.36. The first kappa shape index (κ1) is 22.1. The van der Waals surface area contributed by atoms with E-state index < -0.39 is 5.60 Å². The molecule has 0 N–H and O–H groups in total. The van der Waals surface area contributed by atoms with Crippen molar-refractivity contribution in [2.24, 2.45) is 0 Å². The standard InChI is InChI=1S/C26H29N3O3S/c1-26(2,31-4)12-11-22-15-23-24(33-22)25(30)29(16-27-23)17-7-9-20(10-8-17)32-21-13-18-5-6-19(14-21)28(18)3/h7-10,15-16,18-19,21H,5-6,13-14H2,1-4H3/t18-,19+,21+. The molecule has 0 aliphatic carbocycles. The third-order valence-corrected chi connectivity index (χ3v) is 7.94. The van der Waals surface area contributed by atoms with E-state index >= 15 is 0 Å². The smallest absolute Gasteiger partial charge is 0.275 e. The van der Waals surface area contributed by atoms with Gasteiger partial charge in [0, 0.05) is 19.2 Å². The van der Waals surface area contributed by atoms with Crippen molar-refractivity contribution in [3.05, 3.63) is 51.9 Å². The molecule has 2 aliphatic heterocycles. The molecule has 2 aliphatic rings. The number of methoxy groups -OCH3 is 1. The number of rotatable bonds is 4. The van der Waals surface area contributed by atoms with Gasteiger partial charge in [-0.2, -0.15) is 0 Å². The molecule has 1 aromatic carbocycles. The van der Waals surface area contributed by atoms with E-state index in [0.717, 1.165) is 29.2 Å². The molecule has 7 heteroatoms. The molecule has 5 rings (SSSR count). The van der Waals surface area contributed by atoms with E-state index in [4.69, 9.17) is 9.47 Å². The van der Waals surface area contributed by atoms with Gasteiger partial charge in [-0.05, 0) is 76.9 Å². The second kappa shape index (κ2) is 8.60. The maximum atomic E-state index is 13.1. The van der Waals surface area contributed by atoms with Crippen molar-refractivity contribution in [1.29, 1.82) is 0 Å². The second-order valence-corrected chi connectivity index (χ2v) is 10.5. The van der Waals surface area contributed by atoms with Gasteiger partial charge in [-0.1, -0.05) is 11.8 Å². The SMILES string of the molecule is COC(C)(C)C#Cc1cc2ncn(-c3ccc(O[C@H]4C[C@H]5CC[C@@H](C4)N5C)cc3)c(=O)c2s1. The molecular weight excluding hydrogens is 434 g/mol. The number of fused-ring (bicyclic) bond motifs is 3. The zero-order chi connectivity index (χ0) is 23.2. The van der Waals surface area contributed by atoms with Crippen LogP contribution in [0.1, 0.15) is 44.4 Å². The molecule has 172 valence electrons. The second-order valence-electron chi connectivity index (χ2n) is 9.46.